The maximum atomic E-state index is 11.2. The highest BCUT2D eigenvalue weighted by Crippen LogP contribution is 2.26. The molecule has 2 rings (SSSR count). The van der Waals surface area contributed by atoms with Crippen LogP contribution in [0, 0.1) is 0 Å². The minimum absolute atomic E-state index is 0.365. The summed E-state index contributed by atoms with van der Waals surface area (Å²) < 4.78 is 6.03. The van der Waals surface area contributed by atoms with Gasteiger partial charge in [0.05, 0.1) is 22.9 Å². The summed E-state index contributed by atoms with van der Waals surface area (Å²) in [6.07, 6.45) is 0. The SMILES string of the molecule is COC(=O)c1ccc2sc(Cl)nc2c1. The molecule has 0 aliphatic heterocycles. The fourth-order valence-electron chi connectivity index (χ4n) is 1.14. The van der Waals surface area contributed by atoms with Crippen LogP contribution < -0.4 is 0 Å². The van der Waals surface area contributed by atoms with E-state index in [1.807, 2.05) is 6.07 Å². The van der Waals surface area contributed by atoms with Gasteiger partial charge in [0.1, 0.15) is 0 Å². The Labute approximate surface area is 89.3 Å². The number of nitrogens with zero attached hydrogens (tertiary/aromatic N) is 1. The van der Waals surface area contributed by atoms with Crippen LogP contribution in [0.4, 0.5) is 0 Å². The number of rotatable bonds is 1. The fraction of sp³-hybridized carbons (Fsp3) is 0.111. The lowest BCUT2D eigenvalue weighted by Crippen LogP contribution is -2.00. The molecule has 5 heteroatoms. The second kappa shape index (κ2) is 3.55. The Balaban J connectivity index is 2.55. The van der Waals surface area contributed by atoms with E-state index >= 15 is 0 Å². The largest absolute Gasteiger partial charge is 0.465 e. The third kappa shape index (κ3) is 1.58. The number of ether oxygens (including phenoxy) is 1. The molecule has 1 aromatic carbocycles. The zero-order valence-corrected chi connectivity index (χ0v) is 8.85. The van der Waals surface area contributed by atoms with Crippen molar-refractivity contribution in [2.75, 3.05) is 7.11 Å². The summed E-state index contributed by atoms with van der Waals surface area (Å²) in [5.74, 6) is -0.365. The second-order valence-corrected chi connectivity index (χ2v) is 4.25. The predicted molar refractivity (Wildman–Crippen MR) is 56.0 cm³/mol. The van der Waals surface area contributed by atoms with Crippen LogP contribution in [0.25, 0.3) is 10.2 Å². The van der Waals surface area contributed by atoms with Crippen molar-refractivity contribution in [3.63, 3.8) is 0 Å². The Bertz CT molecular complexity index is 495. The summed E-state index contributed by atoms with van der Waals surface area (Å²) in [6, 6.07) is 5.18. The number of halogens is 1. The van der Waals surface area contributed by atoms with E-state index in [4.69, 9.17) is 11.6 Å². The van der Waals surface area contributed by atoms with Gasteiger partial charge in [-0.25, -0.2) is 9.78 Å². The number of fused-ring (bicyclic) bond motifs is 1. The highest BCUT2D eigenvalue weighted by molar-refractivity contribution is 7.22. The highest BCUT2D eigenvalue weighted by Gasteiger charge is 2.08. The van der Waals surface area contributed by atoms with Crippen molar-refractivity contribution in [2.24, 2.45) is 0 Å². The molecule has 0 atom stereocenters. The van der Waals surface area contributed by atoms with Crippen LogP contribution >= 0.6 is 22.9 Å². The quantitative estimate of drug-likeness (QED) is 0.704. The van der Waals surface area contributed by atoms with E-state index in [1.165, 1.54) is 18.4 Å². The second-order valence-electron chi connectivity index (χ2n) is 2.64. The van der Waals surface area contributed by atoms with E-state index in [-0.39, 0.29) is 5.97 Å². The molecule has 0 aliphatic carbocycles. The zero-order chi connectivity index (χ0) is 10.1. The summed E-state index contributed by atoms with van der Waals surface area (Å²) in [7, 11) is 1.35. The van der Waals surface area contributed by atoms with Gasteiger partial charge in [-0.2, -0.15) is 0 Å². The normalized spacial score (nSPS) is 10.4. The van der Waals surface area contributed by atoms with Crippen LogP contribution in [-0.4, -0.2) is 18.1 Å². The monoisotopic (exact) mass is 227 g/mol. The number of esters is 1. The van der Waals surface area contributed by atoms with Crippen molar-refractivity contribution < 1.29 is 9.53 Å². The first-order valence-electron chi connectivity index (χ1n) is 3.85. The van der Waals surface area contributed by atoms with Gasteiger partial charge in [0.25, 0.3) is 0 Å². The van der Waals surface area contributed by atoms with Gasteiger partial charge in [-0.3, -0.25) is 0 Å². The van der Waals surface area contributed by atoms with Crippen molar-refractivity contribution in [1.82, 2.24) is 4.98 Å². The molecule has 0 saturated carbocycles. The lowest BCUT2D eigenvalue weighted by Gasteiger charge is -1.97. The van der Waals surface area contributed by atoms with Gasteiger partial charge in [-0.1, -0.05) is 11.6 Å². The number of methoxy groups -OCH3 is 1. The smallest absolute Gasteiger partial charge is 0.337 e. The minimum Gasteiger partial charge on any atom is -0.465 e. The Morgan fingerprint density at radius 2 is 2.36 bits per heavy atom. The van der Waals surface area contributed by atoms with Gasteiger partial charge in [0.2, 0.25) is 0 Å². The molecule has 72 valence electrons. The van der Waals surface area contributed by atoms with Crippen LogP contribution in [-0.2, 0) is 4.74 Å². The number of hydrogen-bond acceptors (Lipinski definition) is 4. The molecule has 3 nitrogen and oxygen atoms in total. The van der Waals surface area contributed by atoms with Crippen molar-refractivity contribution >= 4 is 39.1 Å². The molecule has 0 N–H and O–H groups in total. The molecule has 1 heterocycles. The number of aromatic nitrogens is 1. The standard InChI is InChI=1S/C9H6ClNO2S/c1-13-8(12)5-2-3-7-6(4-5)11-9(10)14-7/h2-4H,1H3. The number of thiazole rings is 1. The van der Waals surface area contributed by atoms with Gasteiger partial charge in [0, 0.05) is 0 Å². The van der Waals surface area contributed by atoms with E-state index < -0.39 is 0 Å². The van der Waals surface area contributed by atoms with Crippen molar-refractivity contribution in [3.05, 3.63) is 28.2 Å². The zero-order valence-electron chi connectivity index (χ0n) is 7.28. The lowest BCUT2D eigenvalue weighted by atomic mass is 10.2. The Morgan fingerprint density at radius 3 is 3.07 bits per heavy atom. The molecule has 0 bridgehead atoms. The summed E-state index contributed by atoms with van der Waals surface area (Å²) in [5.41, 5.74) is 1.21. The maximum Gasteiger partial charge on any atom is 0.337 e. The predicted octanol–water partition coefficient (Wildman–Crippen LogP) is 2.74. The molecule has 0 radical (unpaired) electrons. The Kier molecular flexibility index (Phi) is 2.39. The molecule has 1 aromatic heterocycles. The first-order chi connectivity index (χ1) is 6.70. The third-order valence-corrected chi connectivity index (χ3v) is 2.92. The molecular weight excluding hydrogens is 222 g/mol. The Morgan fingerprint density at radius 1 is 1.57 bits per heavy atom. The third-order valence-electron chi connectivity index (χ3n) is 1.78. The van der Waals surface area contributed by atoms with Gasteiger partial charge >= 0.3 is 5.97 Å². The minimum atomic E-state index is -0.365. The van der Waals surface area contributed by atoms with Crippen LogP contribution in [0.15, 0.2) is 18.2 Å². The van der Waals surface area contributed by atoms with Crippen LogP contribution in [0.3, 0.4) is 0 Å². The average Bonchev–Trinajstić information content (AvgIpc) is 2.55. The van der Waals surface area contributed by atoms with Crippen LogP contribution in [0.2, 0.25) is 4.47 Å². The molecule has 0 amide bonds. The number of carbonyl (C=O) groups is 1. The number of hydrogen-bond donors (Lipinski definition) is 0. The van der Waals surface area contributed by atoms with Crippen LogP contribution in [0.1, 0.15) is 10.4 Å². The van der Waals surface area contributed by atoms with Crippen LogP contribution in [0.5, 0.6) is 0 Å². The topological polar surface area (TPSA) is 39.2 Å². The summed E-state index contributed by atoms with van der Waals surface area (Å²) in [4.78, 5) is 15.3. The van der Waals surface area contributed by atoms with Crippen molar-refractivity contribution in [2.45, 2.75) is 0 Å². The molecule has 14 heavy (non-hydrogen) atoms. The number of carbonyl (C=O) groups excluding carboxylic acids is 1. The van der Waals surface area contributed by atoms with Crippen molar-refractivity contribution in [1.29, 1.82) is 0 Å². The van der Waals surface area contributed by atoms with Gasteiger partial charge in [0.15, 0.2) is 4.47 Å². The van der Waals surface area contributed by atoms with E-state index in [2.05, 4.69) is 9.72 Å². The van der Waals surface area contributed by atoms with E-state index in [0.29, 0.717) is 10.0 Å². The summed E-state index contributed by atoms with van der Waals surface area (Å²) in [5, 5.41) is 0. The van der Waals surface area contributed by atoms with Gasteiger partial charge in [-0.05, 0) is 18.2 Å². The number of benzene rings is 1. The first-order valence-corrected chi connectivity index (χ1v) is 5.04. The lowest BCUT2D eigenvalue weighted by molar-refractivity contribution is 0.0601. The summed E-state index contributed by atoms with van der Waals surface area (Å²) in [6.45, 7) is 0. The molecule has 0 fully saturated rings. The maximum absolute atomic E-state index is 11.2. The molecule has 0 saturated heterocycles. The molecule has 0 unspecified atom stereocenters. The molecular formula is C9H6ClNO2S. The van der Waals surface area contributed by atoms with E-state index in [9.17, 15) is 4.79 Å². The van der Waals surface area contributed by atoms with Gasteiger partial charge < -0.3 is 4.74 Å². The van der Waals surface area contributed by atoms with Gasteiger partial charge in [-0.15, -0.1) is 11.3 Å². The summed E-state index contributed by atoms with van der Waals surface area (Å²) >= 11 is 7.12. The van der Waals surface area contributed by atoms with Crippen molar-refractivity contribution in [3.8, 4) is 0 Å². The average molecular weight is 228 g/mol. The van der Waals surface area contributed by atoms with E-state index in [0.717, 1.165) is 10.2 Å². The fourth-order valence-corrected chi connectivity index (χ4v) is 2.16. The first kappa shape index (κ1) is 9.43. The van der Waals surface area contributed by atoms with E-state index in [1.54, 1.807) is 12.1 Å². The Hall–Kier alpha value is -1.13. The molecule has 0 aliphatic rings. The highest BCUT2D eigenvalue weighted by atomic mass is 35.5. The molecule has 2 aromatic rings. The molecule has 0 spiro atoms.